The van der Waals surface area contributed by atoms with Crippen molar-refractivity contribution < 1.29 is 23.1 Å². The van der Waals surface area contributed by atoms with Crippen LogP contribution in [0.25, 0.3) is 10.9 Å². The molecule has 0 bridgehead atoms. The van der Waals surface area contributed by atoms with E-state index in [1.807, 2.05) is 4.90 Å². The SMILES string of the molecule is CC(C)(C)[Si](C)(C)OC[C@H]1N(c2nc(OC[C@@]34CCCN3C[C@H](F)C4)nc3c(F)c(Cl)nc(Cl)c23)CCC[C@]1(C)O. The van der Waals surface area contributed by atoms with Gasteiger partial charge in [-0.3, -0.25) is 4.90 Å². The van der Waals surface area contributed by atoms with Gasteiger partial charge in [0.1, 0.15) is 29.3 Å². The number of halogens is 4. The highest BCUT2D eigenvalue weighted by Gasteiger charge is 2.50. The van der Waals surface area contributed by atoms with Crippen LogP contribution in [0.2, 0.25) is 28.4 Å². The number of piperidine rings is 1. The summed E-state index contributed by atoms with van der Waals surface area (Å²) < 4.78 is 42.5. The van der Waals surface area contributed by atoms with Gasteiger partial charge in [-0.2, -0.15) is 9.97 Å². The molecule has 0 unspecified atom stereocenters. The Kier molecular flexibility index (Phi) is 8.31. The number of rotatable bonds is 7. The van der Waals surface area contributed by atoms with Crippen molar-refractivity contribution in [1.29, 1.82) is 0 Å². The van der Waals surface area contributed by atoms with Crippen LogP contribution in [-0.4, -0.2) is 89.5 Å². The lowest BCUT2D eigenvalue weighted by Gasteiger charge is -2.48. The maximum Gasteiger partial charge on any atom is 0.319 e. The molecule has 0 aromatic carbocycles. The molecule has 0 radical (unpaired) electrons. The lowest BCUT2D eigenvalue weighted by molar-refractivity contribution is -0.00953. The monoisotopic (exact) mass is 631 g/mol. The molecule has 0 saturated carbocycles. The summed E-state index contributed by atoms with van der Waals surface area (Å²) in [4.78, 5) is 17.2. The van der Waals surface area contributed by atoms with Crippen molar-refractivity contribution >= 4 is 48.2 Å². The van der Waals surface area contributed by atoms with E-state index >= 15 is 4.39 Å². The number of hydrogen-bond acceptors (Lipinski definition) is 8. The fourth-order valence-electron chi connectivity index (χ4n) is 6.28. The zero-order valence-corrected chi connectivity index (χ0v) is 27.2. The molecule has 3 aliphatic heterocycles. The lowest BCUT2D eigenvalue weighted by Crippen LogP contribution is -2.59. The third kappa shape index (κ3) is 5.79. The maximum atomic E-state index is 15.5. The van der Waals surface area contributed by atoms with Gasteiger partial charge >= 0.3 is 6.01 Å². The van der Waals surface area contributed by atoms with Gasteiger partial charge in [0.05, 0.1) is 29.2 Å². The van der Waals surface area contributed by atoms with Crippen LogP contribution in [0.1, 0.15) is 59.8 Å². The van der Waals surface area contributed by atoms with Crippen LogP contribution in [0.5, 0.6) is 6.01 Å². The number of alkyl halides is 1. The molecule has 3 fully saturated rings. The van der Waals surface area contributed by atoms with E-state index < -0.39 is 42.6 Å². The first-order valence-corrected chi connectivity index (χ1v) is 18.1. The fourth-order valence-corrected chi connectivity index (χ4v) is 7.76. The summed E-state index contributed by atoms with van der Waals surface area (Å²) in [5.74, 6) is -0.528. The van der Waals surface area contributed by atoms with Gasteiger partial charge in [0.2, 0.25) is 0 Å². The van der Waals surface area contributed by atoms with Gasteiger partial charge in [-0.15, -0.1) is 0 Å². The van der Waals surface area contributed by atoms with Crippen LogP contribution in [0.15, 0.2) is 0 Å². The molecule has 0 amide bonds. The molecule has 1 N–H and O–H groups in total. The Morgan fingerprint density at radius 1 is 1.10 bits per heavy atom. The van der Waals surface area contributed by atoms with Crippen LogP contribution >= 0.6 is 23.2 Å². The number of nitrogens with zero attached hydrogens (tertiary/aromatic N) is 5. The van der Waals surface area contributed by atoms with Gasteiger partial charge in [0.25, 0.3) is 0 Å². The van der Waals surface area contributed by atoms with Crippen LogP contribution < -0.4 is 9.64 Å². The smallest absolute Gasteiger partial charge is 0.319 e. The van der Waals surface area contributed by atoms with Crippen LogP contribution in [0, 0.1) is 5.82 Å². The Morgan fingerprint density at radius 2 is 1.80 bits per heavy atom. The molecule has 0 spiro atoms. The highest BCUT2D eigenvalue weighted by atomic mass is 35.5. The number of ether oxygens (including phenoxy) is 1. The van der Waals surface area contributed by atoms with E-state index in [9.17, 15) is 9.50 Å². The summed E-state index contributed by atoms with van der Waals surface area (Å²) in [6.45, 7) is 14.8. The van der Waals surface area contributed by atoms with Crippen molar-refractivity contribution in [3.63, 3.8) is 0 Å². The lowest BCUT2D eigenvalue weighted by atomic mass is 9.86. The molecule has 3 saturated heterocycles. The summed E-state index contributed by atoms with van der Waals surface area (Å²) in [7, 11) is -2.17. The summed E-state index contributed by atoms with van der Waals surface area (Å²) in [5, 5.41) is 11.3. The minimum Gasteiger partial charge on any atom is -0.461 e. The molecule has 228 valence electrons. The third-order valence-corrected chi connectivity index (χ3v) is 14.8. The Morgan fingerprint density at radius 3 is 2.51 bits per heavy atom. The zero-order chi connectivity index (χ0) is 30.0. The summed E-state index contributed by atoms with van der Waals surface area (Å²) >= 11 is 12.6. The van der Waals surface area contributed by atoms with Crippen molar-refractivity contribution in [3.05, 3.63) is 16.1 Å². The zero-order valence-electron chi connectivity index (χ0n) is 24.7. The van der Waals surface area contributed by atoms with Gasteiger partial charge in [0.15, 0.2) is 19.3 Å². The first-order chi connectivity index (χ1) is 19.0. The van der Waals surface area contributed by atoms with Crippen molar-refractivity contribution in [1.82, 2.24) is 19.9 Å². The average molecular weight is 633 g/mol. The summed E-state index contributed by atoms with van der Waals surface area (Å²) in [6.07, 6.45) is 2.48. The Labute approximate surface area is 251 Å². The second kappa shape index (κ2) is 11.0. The Bertz CT molecular complexity index is 1310. The first-order valence-electron chi connectivity index (χ1n) is 14.4. The average Bonchev–Trinajstić information content (AvgIpc) is 3.39. The maximum absolute atomic E-state index is 15.5. The Hall–Kier alpha value is -1.37. The second-order valence-electron chi connectivity index (χ2n) is 13.7. The summed E-state index contributed by atoms with van der Waals surface area (Å²) in [6, 6.07) is -0.556. The molecular formula is C28H41Cl2F2N5O3Si. The van der Waals surface area contributed by atoms with Crippen LogP contribution in [0.3, 0.4) is 0 Å². The number of aromatic nitrogens is 3. The largest absolute Gasteiger partial charge is 0.461 e. The highest BCUT2D eigenvalue weighted by molar-refractivity contribution is 6.74. The van der Waals surface area contributed by atoms with Gasteiger partial charge in [-0.05, 0) is 57.3 Å². The topological polar surface area (TPSA) is 83.8 Å². The Balaban J connectivity index is 1.56. The van der Waals surface area contributed by atoms with E-state index in [1.165, 1.54) is 0 Å². The molecule has 13 heteroatoms. The number of aliphatic hydroxyl groups is 1. The van der Waals surface area contributed by atoms with Crippen molar-refractivity contribution in [2.24, 2.45) is 0 Å². The van der Waals surface area contributed by atoms with Crippen molar-refractivity contribution in [2.45, 2.75) is 101 Å². The van der Waals surface area contributed by atoms with E-state index in [1.54, 1.807) is 6.92 Å². The molecule has 8 nitrogen and oxygen atoms in total. The molecule has 0 aliphatic carbocycles. The fraction of sp³-hybridized carbons (Fsp3) is 0.750. The van der Waals surface area contributed by atoms with E-state index in [2.05, 4.69) is 48.7 Å². The molecule has 2 aromatic rings. The predicted octanol–water partition coefficient (Wildman–Crippen LogP) is 6.17. The molecule has 5 rings (SSSR count). The van der Waals surface area contributed by atoms with E-state index in [4.69, 9.17) is 37.3 Å². The van der Waals surface area contributed by atoms with E-state index in [0.29, 0.717) is 38.2 Å². The molecule has 5 heterocycles. The number of fused-ring (bicyclic) bond motifs is 2. The van der Waals surface area contributed by atoms with Crippen LogP contribution in [-0.2, 0) is 4.43 Å². The number of anilines is 1. The minimum absolute atomic E-state index is 0.0273. The van der Waals surface area contributed by atoms with Gasteiger partial charge < -0.3 is 19.2 Å². The van der Waals surface area contributed by atoms with E-state index in [-0.39, 0.29) is 40.3 Å². The van der Waals surface area contributed by atoms with Gasteiger partial charge in [-0.1, -0.05) is 44.0 Å². The van der Waals surface area contributed by atoms with Gasteiger partial charge in [-0.25, -0.2) is 13.8 Å². The molecule has 41 heavy (non-hydrogen) atoms. The molecule has 2 aromatic heterocycles. The predicted molar refractivity (Wildman–Crippen MR) is 160 cm³/mol. The van der Waals surface area contributed by atoms with E-state index in [0.717, 1.165) is 19.4 Å². The highest BCUT2D eigenvalue weighted by Crippen LogP contribution is 2.43. The van der Waals surface area contributed by atoms with Crippen molar-refractivity contribution in [2.75, 3.05) is 37.7 Å². The minimum atomic E-state index is -2.17. The quantitative estimate of drug-likeness (QED) is 0.287. The molecule has 4 atom stereocenters. The standard InChI is InChI=1S/C28H41Cl2F2N5O3Si/c1-26(2,3)41(5,6)40-15-18-27(4,38)9-7-12-37(18)24-19-21(20(32)23(30)34-22(19)29)33-25(35-24)39-16-28-10-8-11-36(28)14-17(31)13-28/h17-18,38H,7-16H2,1-6H3/t17-,18-,27+,28+/m1/s1. The molecular weight excluding hydrogens is 591 g/mol. The summed E-state index contributed by atoms with van der Waals surface area (Å²) in [5.41, 5.74) is -1.66. The van der Waals surface area contributed by atoms with Crippen molar-refractivity contribution in [3.8, 4) is 6.01 Å². The van der Waals surface area contributed by atoms with Crippen LogP contribution in [0.4, 0.5) is 14.6 Å². The number of pyridine rings is 1. The van der Waals surface area contributed by atoms with Gasteiger partial charge in [0, 0.05) is 19.5 Å². The second-order valence-corrected chi connectivity index (χ2v) is 19.2. The third-order valence-electron chi connectivity index (χ3n) is 9.75. The molecule has 3 aliphatic rings. The first kappa shape index (κ1) is 31.1. The number of hydrogen-bond donors (Lipinski definition) is 1. The normalized spacial score (nSPS) is 29.4.